The molecule has 3 aromatic rings. The predicted octanol–water partition coefficient (Wildman–Crippen LogP) is 3.06. The van der Waals surface area contributed by atoms with Crippen molar-refractivity contribution < 1.29 is 56.4 Å². The summed E-state index contributed by atoms with van der Waals surface area (Å²) in [4.78, 5) is 60.6. The van der Waals surface area contributed by atoms with Crippen LogP contribution in [0.15, 0.2) is 57.9 Å². The Kier molecular flexibility index (Phi) is 9.21. The van der Waals surface area contributed by atoms with Gasteiger partial charge in [-0.1, -0.05) is 12.1 Å². The van der Waals surface area contributed by atoms with E-state index in [1.165, 1.54) is 48.7 Å². The molecule has 1 saturated heterocycles. The summed E-state index contributed by atoms with van der Waals surface area (Å²) in [5, 5.41) is 0.200. The Labute approximate surface area is 238 Å². The lowest BCUT2D eigenvalue weighted by atomic mass is 9.98. The molecule has 0 amide bonds. The summed E-state index contributed by atoms with van der Waals surface area (Å²) in [5.74, 6) is -3.35. The molecule has 0 unspecified atom stereocenters. The van der Waals surface area contributed by atoms with Gasteiger partial charge in [0.2, 0.25) is 12.4 Å². The van der Waals surface area contributed by atoms with Crippen LogP contribution in [0.3, 0.4) is 0 Å². The van der Waals surface area contributed by atoms with E-state index >= 15 is 0 Å². The van der Waals surface area contributed by atoms with E-state index in [1.54, 1.807) is 0 Å². The first-order chi connectivity index (χ1) is 19.9. The average molecular weight is 587 g/mol. The number of hydrogen-bond donors (Lipinski definition) is 0. The molecule has 222 valence electrons. The summed E-state index contributed by atoms with van der Waals surface area (Å²) >= 11 is 0. The number of rotatable bonds is 8. The van der Waals surface area contributed by atoms with Gasteiger partial charge < -0.3 is 32.8 Å². The quantitative estimate of drug-likeness (QED) is 0.281. The molecule has 4 rings (SSSR count). The maximum absolute atomic E-state index is 13.3. The van der Waals surface area contributed by atoms with Crippen molar-refractivity contribution in [1.29, 1.82) is 0 Å². The van der Waals surface area contributed by atoms with E-state index in [0.717, 1.165) is 27.7 Å². The van der Waals surface area contributed by atoms with Crippen LogP contribution in [0.4, 0.5) is 4.39 Å². The van der Waals surface area contributed by atoms with Crippen molar-refractivity contribution in [3.63, 3.8) is 0 Å². The Bertz CT molecular complexity index is 1550. The van der Waals surface area contributed by atoms with Crippen molar-refractivity contribution in [1.82, 2.24) is 0 Å². The third-order valence-corrected chi connectivity index (χ3v) is 6.10. The maximum Gasteiger partial charge on any atom is 0.303 e. The van der Waals surface area contributed by atoms with Gasteiger partial charge >= 0.3 is 23.9 Å². The van der Waals surface area contributed by atoms with Crippen molar-refractivity contribution in [3.8, 4) is 16.9 Å². The third-order valence-electron chi connectivity index (χ3n) is 6.10. The standard InChI is InChI=1S/C29H27FO12/c1-14(31)36-13-24-26(38-15(2)32)27(39-16(3)33)28(40-17(4)34)29(42-24)41-20-9-10-21-23(11-20)37-12-22(25(21)35)18-5-7-19(30)8-6-18/h5-12,24,26-29H,13H2,1-4H3/t24-,26-,27+,28+,29-/m1/s1. The van der Waals surface area contributed by atoms with Crippen LogP contribution in [0.25, 0.3) is 22.1 Å². The van der Waals surface area contributed by atoms with Crippen LogP contribution in [0, 0.1) is 5.82 Å². The number of ether oxygens (including phenoxy) is 6. The first-order valence-electron chi connectivity index (χ1n) is 12.7. The highest BCUT2D eigenvalue weighted by Gasteiger charge is 2.53. The number of carbonyl (C=O) groups is 4. The Hall–Kier alpha value is -4.78. The van der Waals surface area contributed by atoms with Gasteiger partial charge in [-0.3, -0.25) is 24.0 Å². The SMILES string of the molecule is CC(=O)OC[C@H]1O[C@@H](Oc2ccc3c(=O)c(-c4ccc(F)cc4)coc3c2)[C@@H](OC(C)=O)[C@@H](OC(C)=O)[C@@H]1OC(C)=O. The van der Waals surface area contributed by atoms with Crippen LogP contribution in [0.1, 0.15) is 27.7 Å². The van der Waals surface area contributed by atoms with Crippen molar-refractivity contribution in [2.24, 2.45) is 0 Å². The zero-order valence-electron chi connectivity index (χ0n) is 23.0. The summed E-state index contributed by atoms with van der Waals surface area (Å²) in [6.07, 6.45) is -5.62. The van der Waals surface area contributed by atoms with Crippen molar-refractivity contribution >= 4 is 34.8 Å². The van der Waals surface area contributed by atoms with Gasteiger partial charge in [0, 0.05) is 33.8 Å². The van der Waals surface area contributed by atoms with Crippen molar-refractivity contribution in [2.45, 2.75) is 58.4 Å². The molecule has 42 heavy (non-hydrogen) atoms. The number of hydrogen-bond acceptors (Lipinski definition) is 12. The topological polar surface area (TPSA) is 154 Å². The largest absolute Gasteiger partial charge is 0.463 e. The molecule has 2 aromatic carbocycles. The van der Waals surface area contributed by atoms with E-state index in [-0.39, 0.29) is 27.7 Å². The summed E-state index contributed by atoms with van der Waals surface area (Å²) in [7, 11) is 0. The van der Waals surface area contributed by atoms with Crippen LogP contribution in [-0.4, -0.2) is 61.2 Å². The van der Waals surface area contributed by atoms with E-state index in [0.29, 0.717) is 5.56 Å². The lowest BCUT2D eigenvalue weighted by Crippen LogP contribution is -2.63. The Morgan fingerprint density at radius 1 is 0.810 bits per heavy atom. The molecule has 1 aliphatic rings. The molecule has 0 spiro atoms. The zero-order chi connectivity index (χ0) is 30.6. The molecule has 12 nitrogen and oxygen atoms in total. The van der Waals surface area contributed by atoms with E-state index in [4.69, 9.17) is 32.8 Å². The second-order valence-electron chi connectivity index (χ2n) is 9.33. The molecular formula is C29H27FO12. The fourth-order valence-corrected chi connectivity index (χ4v) is 4.43. The van der Waals surface area contributed by atoms with Crippen molar-refractivity contribution in [2.75, 3.05) is 6.61 Å². The first-order valence-corrected chi connectivity index (χ1v) is 12.7. The van der Waals surface area contributed by atoms with Crippen LogP contribution >= 0.6 is 0 Å². The molecule has 1 aliphatic heterocycles. The summed E-state index contributed by atoms with van der Waals surface area (Å²) in [5.41, 5.74) is 0.441. The monoisotopic (exact) mass is 586 g/mol. The number of carbonyl (C=O) groups excluding carboxylic acids is 4. The van der Waals surface area contributed by atoms with Gasteiger partial charge in [0.25, 0.3) is 0 Å². The summed E-state index contributed by atoms with van der Waals surface area (Å²) < 4.78 is 52.1. The molecule has 5 atom stereocenters. The van der Waals surface area contributed by atoms with Gasteiger partial charge in [0.1, 0.15) is 36.1 Å². The molecule has 0 radical (unpaired) electrons. The highest BCUT2D eigenvalue weighted by Crippen LogP contribution is 2.32. The average Bonchev–Trinajstić information content (AvgIpc) is 2.91. The van der Waals surface area contributed by atoms with Crippen LogP contribution in [0.2, 0.25) is 0 Å². The van der Waals surface area contributed by atoms with Gasteiger partial charge in [-0.2, -0.15) is 0 Å². The zero-order valence-corrected chi connectivity index (χ0v) is 23.0. The number of fused-ring (bicyclic) bond motifs is 1. The molecule has 0 N–H and O–H groups in total. The van der Waals surface area contributed by atoms with E-state index in [9.17, 15) is 28.4 Å². The van der Waals surface area contributed by atoms with Crippen molar-refractivity contribution in [3.05, 3.63) is 64.8 Å². The predicted molar refractivity (Wildman–Crippen MR) is 140 cm³/mol. The van der Waals surface area contributed by atoms with Crippen LogP contribution in [-0.2, 0) is 42.9 Å². The Balaban J connectivity index is 1.70. The number of benzene rings is 2. The van der Waals surface area contributed by atoms with Gasteiger partial charge in [0.05, 0.1) is 10.9 Å². The second-order valence-corrected chi connectivity index (χ2v) is 9.33. The number of halogens is 1. The van der Waals surface area contributed by atoms with Gasteiger partial charge in [0.15, 0.2) is 17.6 Å². The Morgan fingerprint density at radius 3 is 2.05 bits per heavy atom. The normalized spacial score (nSPS) is 21.7. The minimum Gasteiger partial charge on any atom is -0.463 e. The molecular weight excluding hydrogens is 559 g/mol. The fourth-order valence-electron chi connectivity index (χ4n) is 4.43. The van der Waals surface area contributed by atoms with E-state index < -0.39 is 67.0 Å². The minimum atomic E-state index is -1.46. The highest BCUT2D eigenvalue weighted by molar-refractivity contribution is 5.82. The smallest absolute Gasteiger partial charge is 0.303 e. The Morgan fingerprint density at radius 2 is 1.43 bits per heavy atom. The van der Waals surface area contributed by atoms with Gasteiger partial charge in [-0.05, 0) is 29.8 Å². The fraction of sp³-hybridized carbons (Fsp3) is 0.345. The first kappa shape index (κ1) is 30.2. The van der Waals surface area contributed by atoms with Gasteiger partial charge in [-0.15, -0.1) is 0 Å². The highest BCUT2D eigenvalue weighted by atomic mass is 19.1. The molecule has 0 bridgehead atoms. The lowest BCUT2D eigenvalue weighted by Gasteiger charge is -2.43. The van der Waals surface area contributed by atoms with Gasteiger partial charge in [-0.25, -0.2) is 4.39 Å². The molecule has 13 heteroatoms. The van der Waals surface area contributed by atoms with E-state index in [1.807, 2.05) is 0 Å². The molecule has 1 fully saturated rings. The summed E-state index contributed by atoms with van der Waals surface area (Å²) in [6.45, 7) is 4.07. The molecule has 2 heterocycles. The summed E-state index contributed by atoms with van der Waals surface area (Å²) in [6, 6.07) is 9.62. The van der Waals surface area contributed by atoms with Crippen LogP contribution < -0.4 is 10.2 Å². The minimum absolute atomic E-state index is 0.0982. The lowest BCUT2D eigenvalue weighted by molar-refractivity contribution is -0.288. The maximum atomic E-state index is 13.3. The van der Waals surface area contributed by atoms with Crippen LogP contribution in [0.5, 0.6) is 5.75 Å². The second kappa shape index (κ2) is 12.8. The molecule has 0 aliphatic carbocycles. The van der Waals surface area contributed by atoms with E-state index in [2.05, 4.69) is 0 Å². The molecule has 0 saturated carbocycles. The molecule has 1 aromatic heterocycles. The number of esters is 4. The third kappa shape index (κ3) is 7.10.